The Morgan fingerprint density at radius 1 is 1.28 bits per heavy atom. The van der Waals surface area contributed by atoms with Gasteiger partial charge in [-0.25, -0.2) is 0 Å². The monoisotopic (exact) mass is 242 g/mol. The van der Waals surface area contributed by atoms with Crippen molar-refractivity contribution in [3.8, 4) is 0 Å². The zero-order valence-corrected chi connectivity index (χ0v) is 10.6. The van der Waals surface area contributed by atoms with E-state index in [1.54, 1.807) is 24.3 Å². The van der Waals surface area contributed by atoms with Crippen molar-refractivity contribution in [3.63, 3.8) is 0 Å². The van der Waals surface area contributed by atoms with Crippen LogP contribution in [0.15, 0.2) is 67.3 Å². The molecule has 0 amide bonds. The highest BCUT2D eigenvalue weighted by Crippen LogP contribution is 2.16. The highest BCUT2D eigenvalue weighted by Gasteiger charge is 2.09. The van der Waals surface area contributed by atoms with Crippen LogP contribution in [0.25, 0.3) is 0 Å². The molecule has 94 valence electrons. The predicted molar refractivity (Wildman–Crippen MR) is 74.0 cm³/mol. The van der Waals surface area contributed by atoms with Crippen LogP contribution < -0.4 is 0 Å². The molecule has 0 aromatic heterocycles. The number of benzene rings is 1. The van der Waals surface area contributed by atoms with E-state index in [0.717, 1.165) is 5.56 Å². The molecule has 0 aliphatic carbocycles. The quantitative estimate of drug-likeness (QED) is 0.557. The molecule has 0 saturated carbocycles. The fraction of sp³-hybridized carbons (Fsp3) is 0.188. The van der Waals surface area contributed by atoms with Crippen molar-refractivity contribution in [2.24, 2.45) is 0 Å². The second-order valence-corrected chi connectivity index (χ2v) is 3.80. The third kappa shape index (κ3) is 5.30. The van der Waals surface area contributed by atoms with Crippen LogP contribution in [0.3, 0.4) is 0 Å². The molecule has 0 spiro atoms. The molecule has 2 heteroatoms. The van der Waals surface area contributed by atoms with Gasteiger partial charge in [-0.3, -0.25) is 4.79 Å². The number of esters is 1. The van der Waals surface area contributed by atoms with E-state index in [2.05, 4.69) is 6.58 Å². The molecular formula is C16H18O2. The maximum Gasteiger partial charge on any atom is 0.310 e. The Morgan fingerprint density at radius 2 is 2.00 bits per heavy atom. The van der Waals surface area contributed by atoms with Crippen LogP contribution in [0.1, 0.15) is 25.0 Å². The van der Waals surface area contributed by atoms with Crippen LogP contribution >= 0.6 is 0 Å². The Labute approximate surface area is 108 Å². The smallest absolute Gasteiger partial charge is 0.310 e. The van der Waals surface area contributed by atoms with Crippen LogP contribution in [0.2, 0.25) is 0 Å². The lowest BCUT2D eigenvalue weighted by atomic mass is 10.1. The molecule has 1 unspecified atom stereocenters. The lowest BCUT2D eigenvalue weighted by Gasteiger charge is -2.12. The normalized spacial score (nSPS) is 12.7. The van der Waals surface area contributed by atoms with Gasteiger partial charge in [0.1, 0.15) is 6.10 Å². The van der Waals surface area contributed by atoms with Gasteiger partial charge in [-0.1, -0.05) is 67.3 Å². The largest absolute Gasteiger partial charge is 0.458 e. The van der Waals surface area contributed by atoms with Gasteiger partial charge in [0.15, 0.2) is 0 Å². The van der Waals surface area contributed by atoms with Gasteiger partial charge in [0.05, 0.1) is 6.42 Å². The van der Waals surface area contributed by atoms with Crippen LogP contribution in [0, 0.1) is 0 Å². The van der Waals surface area contributed by atoms with E-state index in [1.807, 2.05) is 43.3 Å². The fourth-order valence-electron chi connectivity index (χ4n) is 1.42. The van der Waals surface area contributed by atoms with Crippen molar-refractivity contribution >= 4 is 5.97 Å². The van der Waals surface area contributed by atoms with Gasteiger partial charge in [0, 0.05) is 0 Å². The number of hydrogen-bond donors (Lipinski definition) is 0. The molecule has 1 atom stereocenters. The summed E-state index contributed by atoms with van der Waals surface area (Å²) in [4.78, 5) is 11.5. The summed E-state index contributed by atoms with van der Waals surface area (Å²) in [6.07, 6.45) is 8.93. The van der Waals surface area contributed by atoms with Crippen molar-refractivity contribution < 1.29 is 9.53 Å². The molecule has 18 heavy (non-hydrogen) atoms. The summed E-state index contributed by atoms with van der Waals surface area (Å²) in [5.41, 5.74) is 1.00. The summed E-state index contributed by atoms with van der Waals surface area (Å²) in [7, 11) is 0. The van der Waals surface area contributed by atoms with Gasteiger partial charge in [-0.2, -0.15) is 0 Å². The predicted octanol–water partition coefficient (Wildman–Crippen LogP) is 3.98. The first kappa shape index (κ1) is 14.0. The molecule has 0 bridgehead atoms. The summed E-state index contributed by atoms with van der Waals surface area (Å²) < 4.78 is 5.31. The molecule has 0 N–H and O–H groups in total. The van der Waals surface area contributed by atoms with E-state index >= 15 is 0 Å². The summed E-state index contributed by atoms with van der Waals surface area (Å²) in [5.74, 6) is -0.227. The van der Waals surface area contributed by atoms with E-state index in [0.29, 0.717) is 0 Å². The molecule has 1 aromatic rings. The van der Waals surface area contributed by atoms with Gasteiger partial charge < -0.3 is 4.74 Å². The lowest BCUT2D eigenvalue weighted by Crippen LogP contribution is -2.07. The first-order valence-corrected chi connectivity index (χ1v) is 5.92. The molecule has 1 rings (SSSR count). The molecule has 1 aromatic carbocycles. The van der Waals surface area contributed by atoms with Crippen LogP contribution in [0.5, 0.6) is 0 Å². The first-order valence-electron chi connectivity index (χ1n) is 5.92. The van der Waals surface area contributed by atoms with E-state index < -0.39 is 0 Å². The summed E-state index contributed by atoms with van der Waals surface area (Å²) >= 11 is 0. The molecule has 0 heterocycles. The third-order valence-corrected chi connectivity index (χ3v) is 2.36. The number of carbonyl (C=O) groups is 1. The van der Waals surface area contributed by atoms with E-state index in [-0.39, 0.29) is 18.5 Å². The number of ether oxygens (including phenoxy) is 1. The Morgan fingerprint density at radius 3 is 2.67 bits per heavy atom. The van der Waals surface area contributed by atoms with Gasteiger partial charge in [-0.05, 0) is 12.5 Å². The minimum atomic E-state index is -0.227. The lowest BCUT2D eigenvalue weighted by molar-refractivity contribution is -0.147. The van der Waals surface area contributed by atoms with Crippen LogP contribution in [-0.2, 0) is 9.53 Å². The summed E-state index contributed by atoms with van der Waals surface area (Å²) in [5, 5.41) is 0. The summed E-state index contributed by atoms with van der Waals surface area (Å²) in [6.45, 7) is 5.42. The summed E-state index contributed by atoms with van der Waals surface area (Å²) in [6, 6.07) is 9.69. The van der Waals surface area contributed by atoms with Gasteiger partial charge in [0.2, 0.25) is 0 Å². The second kappa shape index (κ2) is 8.07. The van der Waals surface area contributed by atoms with Crippen molar-refractivity contribution in [2.45, 2.75) is 19.4 Å². The molecular weight excluding hydrogens is 224 g/mol. The maximum absolute atomic E-state index is 11.5. The van der Waals surface area contributed by atoms with Crippen LogP contribution in [-0.4, -0.2) is 5.97 Å². The molecule has 0 fully saturated rings. The molecule has 0 aliphatic rings. The Hall–Kier alpha value is -2.09. The minimum Gasteiger partial charge on any atom is -0.458 e. The average Bonchev–Trinajstić information content (AvgIpc) is 2.39. The average molecular weight is 242 g/mol. The highest BCUT2D eigenvalue weighted by molar-refractivity contribution is 5.71. The van der Waals surface area contributed by atoms with E-state index in [9.17, 15) is 4.79 Å². The third-order valence-electron chi connectivity index (χ3n) is 2.36. The number of carbonyl (C=O) groups excluding carboxylic acids is 1. The van der Waals surface area contributed by atoms with Crippen molar-refractivity contribution in [1.29, 1.82) is 0 Å². The molecule has 0 aliphatic heterocycles. The van der Waals surface area contributed by atoms with E-state index in [1.165, 1.54) is 0 Å². The van der Waals surface area contributed by atoms with Gasteiger partial charge >= 0.3 is 5.97 Å². The maximum atomic E-state index is 11.5. The van der Waals surface area contributed by atoms with Crippen molar-refractivity contribution in [3.05, 3.63) is 72.9 Å². The zero-order chi connectivity index (χ0) is 13.2. The topological polar surface area (TPSA) is 26.3 Å². The van der Waals surface area contributed by atoms with Gasteiger partial charge in [0.25, 0.3) is 0 Å². The highest BCUT2D eigenvalue weighted by atomic mass is 16.5. The second-order valence-electron chi connectivity index (χ2n) is 3.80. The molecule has 2 nitrogen and oxygen atoms in total. The van der Waals surface area contributed by atoms with Crippen molar-refractivity contribution in [1.82, 2.24) is 0 Å². The number of hydrogen-bond acceptors (Lipinski definition) is 2. The number of rotatable bonds is 6. The SMILES string of the molecule is C=C/C=C\C=C\CC(=O)OC(C)c1ccccc1. The van der Waals surface area contributed by atoms with E-state index in [4.69, 9.17) is 4.74 Å². The zero-order valence-electron chi connectivity index (χ0n) is 10.6. The Balaban J connectivity index is 2.38. The first-order chi connectivity index (χ1) is 8.74. The fourth-order valence-corrected chi connectivity index (χ4v) is 1.42. The Bertz CT molecular complexity index is 430. The van der Waals surface area contributed by atoms with Crippen molar-refractivity contribution in [2.75, 3.05) is 0 Å². The minimum absolute atomic E-state index is 0.212. The molecule has 0 radical (unpaired) electrons. The van der Waals surface area contributed by atoms with Gasteiger partial charge in [-0.15, -0.1) is 0 Å². The number of allylic oxidation sites excluding steroid dienone is 4. The van der Waals surface area contributed by atoms with Crippen LogP contribution in [0.4, 0.5) is 0 Å². The molecule has 0 saturated heterocycles. The Kier molecular flexibility index (Phi) is 6.26. The standard InChI is InChI=1S/C16H18O2/c1-3-4-5-6-10-13-16(17)18-14(2)15-11-8-7-9-12-15/h3-12,14H,1,13H2,2H3/b5-4-,10-6+.